The number of carboxylic acid groups (broad SMARTS) is 1. The Bertz CT molecular complexity index is 467. The Kier molecular flexibility index (Phi) is 5.07. The van der Waals surface area contributed by atoms with Crippen molar-refractivity contribution in [1.82, 2.24) is 4.90 Å². The maximum absolute atomic E-state index is 10.9. The molecule has 1 aromatic carbocycles. The number of carboxylic acids is 1. The summed E-state index contributed by atoms with van der Waals surface area (Å²) >= 11 is 0. The summed E-state index contributed by atoms with van der Waals surface area (Å²) in [7, 11) is 4.09. The SMILES string of the molecule is CC(CN(C)c1ccc(N2CCN(C)CC2)cc1)C(=O)O. The summed E-state index contributed by atoms with van der Waals surface area (Å²) in [6, 6.07) is 8.40. The van der Waals surface area contributed by atoms with Crippen LogP contribution < -0.4 is 9.80 Å². The number of aliphatic carboxylic acids is 1. The Morgan fingerprint density at radius 1 is 1.24 bits per heavy atom. The molecule has 5 heteroatoms. The molecule has 0 bridgehead atoms. The van der Waals surface area contributed by atoms with Crippen molar-refractivity contribution in [2.24, 2.45) is 5.92 Å². The van der Waals surface area contributed by atoms with Gasteiger partial charge in [-0.2, -0.15) is 0 Å². The zero-order valence-corrected chi connectivity index (χ0v) is 13.1. The summed E-state index contributed by atoms with van der Waals surface area (Å²) < 4.78 is 0. The smallest absolute Gasteiger partial charge is 0.308 e. The van der Waals surface area contributed by atoms with Crippen molar-refractivity contribution < 1.29 is 9.90 Å². The first kappa shape index (κ1) is 15.6. The van der Waals surface area contributed by atoms with E-state index in [2.05, 4.69) is 41.1 Å². The molecule has 0 amide bonds. The number of rotatable bonds is 5. The molecule has 1 N–H and O–H groups in total. The minimum atomic E-state index is -0.754. The van der Waals surface area contributed by atoms with Gasteiger partial charge in [-0.3, -0.25) is 4.79 Å². The van der Waals surface area contributed by atoms with Gasteiger partial charge in [-0.1, -0.05) is 6.92 Å². The van der Waals surface area contributed by atoms with Crippen LogP contribution in [0.25, 0.3) is 0 Å². The molecule has 5 nitrogen and oxygen atoms in total. The molecule has 0 aromatic heterocycles. The Balaban J connectivity index is 1.96. The molecule has 1 aromatic rings. The monoisotopic (exact) mass is 291 g/mol. The topological polar surface area (TPSA) is 47.0 Å². The average molecular weight is 291 g/mol. The largest absolute Gasteiger partial charge is 0.481 e. The molecular weight excluding hydrogens is 266 g/mol. The molecule has 1 aliphatic rings. The number of hydrogen-bond acceptors (Lipinski definition) is 4. The first-order valence-corrected chi connectivity index (χ1v) is 7.45. The second-order valence-corrected chi connectivity index (χ2v) is 5.93. The van der Waals surface area contributed by atoms with Crippen LogP contribution in [0.4, 0.5) is 11.4 Å². The molecule has 1 fully saturated rings. The van der Waals surface area contributed by atoms with Crippen molar-refractivity contribution in [3.8, 4) is 0 Å². The molecule has 2 rings (SSSR count). The first-order chi connectivity index (χ1) is 9.97. The van der Waals surface area contributed by atoms with E-state index < -0.39 is 5.97 Å². The zero-order chi connectivity index (χ0) is 15.4. The number of anilines is 2. The standard InChI is InChI=1S/C16H25N3O2/c1-13(16(20)21)12-18(3)14-4-6-15(7-5-14)19-10-8-17(2)9-11-19/h4-7,13H,8-12H2,1-3H3,(H,20,21). The lowest BCUT2D eigenvalue weighted by molar-refractivity contribution is -0.140. The summed E-state index contributed by atoms with van der Waals surface area (Å²) in [5.74, 6) is -1.12. The second kappa shape index (κ2) is 6.80. The molecule has 1 aliphatic heterocycles. The summed E-state index contributed by atoms with van der Waals surface area (Å²) in [6.07, 6.45) is 0. The Hall–Kier alpha value is -1.75. The summed E-state index contributed by atoms with van der Waals surface area (Å²) in [6.45, 7) is 6.56. The molecule has 1 unspecified atom stereocenters. The van der Waals surface area contributed by atoms with Gasteiger partial charge in [-0.25, -0.2) is 0 Å². The Labute approximate surface area is 126 Å². The zero-order valence-electron chi connectivity index (χ0n) is 13.1. The lowest BCUT2D eigenvalue weighted by atomic mass is 10.1. The maximum Gasteiger partial charge on any atom is 0.308 e. The number of hydrogen-bond donors (Lipinski definition) is 1. The third-order valence-corrected chi connectivity index (χ3v) is 4.13. The normalized spacial score (nSPS) is 17.6. The molecule has 21 heavy (non-hydrogen) atoms. The molecule has 116 valence electrons. The van der Waals surface area contributed by atoms with Crippen LogP contribution in [-0.4, -0.2) is 62.8 Å². The predicted molar refractivity (Wildman–Crippen MR) is 86.2 cm³/mol. The highest BCUT2D eigenvalue weighted by Gasteiger charge is 2.16. The molecule has 0 saturated carbocycles. The van der Waals surface area contributed by atoms with Gasteiger partial charge in [0.2, 0.25) is 0 Å². The Morgan fingerprint density at radius 3 is 2.33 bits per heavy atom. The van der Waals surface area contributed by atoms with Crippen molar-refractivity contribution in [2.45, 2.75) is 6.92 Å². The van der Waals surface area contributed by atoms with Gasteiger partial charge in [-0.15, -0.1) is 0 Å². The van der Waals surface area contributed by atoms with Crippen molar-refractivity contribution in [2.75, 3.05) is 56.6 Å². The van der Waals surface area contributed by atoms with E-state index >= 15 is 0 Å². The van der Waals surface area contributed by atoms with E-state index in [9.17, 15) is 4.79 Å². The molecular formula is C16H25N3O2. The van der Waals surface area contributed by atoms with Crippen LogP contribution in [0.1, 0.15) is 6.92 Å². The van der Waals surface area contributed by atoms with E-state index in [1.807, 2.05) is 11.9 Å². The number of likely N-dealkylation sites (N-methyl/N-ethyl adjacent to an activating group) is 1. The summed E-state index contributed by atoms with van der Waals surface area (Å²) in [5, 5.41) is 8.98. The highest BCUT2D eigenvalue weighted by atomic mass is 16.4. The van der Waals surface area contributed by atoms with Gasteiger partial charge in [-0.05, 0) is 31.3 Å². The number of nitrogens with zero attached hydrogens (tertiary/aromatic N) is 3. The fraction of sp³-hybridized carbons (Fsp3) is 0.562. The molecule has 0 aliphatic carbocycles. The van der Waals surface area contributed by atoms with Gasteiger partial charge in [0.25, 0.3) is 0 Å². The van der Waals surface area contributed by atoms with E-state index in [4.69, 9.17) is 5.11 Å². The lowest BCUT2D eigenvalue weighted by Gasteiger charge is -2.34. The second-order valence-electron chi connectivity index (χ2n) is 5.93. The van der Waals surface area contributed by atoms with Gasteiger partial charge in [0, 0.05) is 51.1 Å². The van der Waals surface area contributed by atoms with Crippen LogP contribution in [0.3, 0.4) is 0 Å². The maximum atomic E-state index is 10.9. The molecule has 1 heterocycles. The van der Waals surface area contributed by atoms with Gasteiger partial charge < -0.3 is 19.8 Å². The fourth-order valence-corrected chi connectivity index (χ4v) is 2.58. The number of carbonyl (C=O) groups is 1. The minimum Gasteiger partial charge on any atom is -0.481 e. The third kappa shape index (κ3) is 4.11. The van der Waals surface area contributed by atoms with E-state index in [0.29, 0.717) is 6.54 Å². The van der Waals surface area contributed by atoms with Crippen LogP contribution >= 0.6 is 0 Å². The minimum absolute atomic E-state index is 0.368. The van der Waals surface area contributed by atoms with Gasteiger partial charge in [0.05, 0.1) is 5.92 Å². The van der Waals surface area contributed by atoms with Gasteiger partial charge in [0.15, 0.2) is 0 Å². The van der Waals surface area contributed by atoms with E-state index in [-0.39, 0.29) is 5.92 Å². The summed E-state index contributed by atoms with van der Waals surface area (Å²) in [4.78, 5) is 17.6. The lowest BCUT2D eigenvalue weighted by Crippen LogP contribution is -2.44. The molecule has 1 saturated heterocycles. The molecule has 0 spiro atoms. The summed E-state index contributed by atoms with van der Waals surface area (Å²) in [5.41, 5.74) is 2.30. The van der Waals surface area contributed by atoms with E-state index in [0.717, 1.165) is 31.9 Å². The fourth-order valence-electron chi connectivity index (χ4n) is 2.58. The average Bonchev–Trinajstić information content (AvgIpc) is 2.48. The van der Waals surface area contributed by atoms with Crippen LogP contribution in [0, 0.1) is 5.92 Å². The number of benzene rings is 1. The highest BCUT2D eigenvalue weighted by Crippen LogP contribution is 2.21. The third-order valence-electron chi connectivity index (χ3n) is 4.13. The van der Waals surface area contributed by atoms with Crippen LogP contribution in [0.5, 0.6) is 0 Å². The van der Waals surface area contributed by atoms with Crippen molar-refractivity contribution in [3.05, 3.63) is 24.3 Å². The van der Waals surface area contributed by atoms with Crippen LogP contribution in [-0.2, 0) is 4.79 Å². The van der Waals surface area contributed by atoms with E-state index in [1.165, 1.54) is 5.69 Å². The predicted octanol–water partition coefficient (Wildman–Crippen LogP) is 1.60. The first-order valence-electron chi connectivity index (χ1n) is 7.45. The van der Waals surface area contributed by atoms with Gasteiger partial charge in [0.1, 0.15) is 0 Å². The van der Waals surface area contributed by atoms with Crippen molar-refractivity contribution >= 4 is 17.3 Å². The van der Waals surface area contributed by atoms with Gasteiger partial charge >= 0.3 is 5.97 Å². The quantitative estimate of drug-likeness (QED) is 0.893. The Morgan fingerprint density at radius 2 is 1.81 bits per heavy atom. The van der Waals surface area contributed by atoms with Crippen molar-refractivity contribution in [3.63, 3.8) is 0 Å². The van der Waals surface area contributed by atoms with Crippen LogP contribution in [0.2, 0.25) is 0 Å². The molecule has 1 atom stereocenters. The highest BCUT2D eigenvalue weighted by molar-refractivity contribution is 5.70. The van der Waals surface area contributed by atoms with Crippen LogP contribution in [0.15, 0.2) is 24.3 Å². The number of piperazine rings is 1. The van der Waals surface area contributed by atoms with E-state index in [1.54, 1.807) is 6.92 Å². The van der Waals surface area contributed by atoms with Crippen molar-refractivity contribution in [1.29, 1.82) is 0 Å². The molecule has 0 radical (unpaired) electrons.